The molecular weight excluding hydrogens is 196 g/mol. The number of amides is 1. The first-order chi connectivity index (χ1) is 7.10. The summed E-state index contributed by atoms with van der Waals surface area (Å²) in [5.41, 5.74) is 0. The Labute approximate surface area is 91.5 Å². The molecule has 15 heavy (non-hydrogen) atoms. The molecule has 2 atom stereocenters. The first-order valence-electron chi connectivity index (χ1n) is 5.14. The monoisotopic (exact) mass is 218 g/mol. The molecule has 0 heterocycles. The van der Waals surface area contributed by atoms with Crippen LogP contribution in [0.5, 0.6) is 0 Å². The van der Waals surface area contributed by atoms with Gasteiger partial charge in [0.1, 0.15) is 6.61 Å². The Morgan fingerprint density at radius 3 is 2.60 bits per heavy atom. The molecule has 1 amide bonds. The lowest BCUT2D eigenvalue weighted by Gasteiger charge is -2.15. The van der Waals surface area contributed by atoms with Gasteiger partial charge in [0.15, 0.2) is 0 Å². The van der Waals surface area contributed by atoms with Crippen molar-refractivity contribution < 1.29 is 14.3 Å². The van der Waals surface area contributed by atoms with E-state index >= 15 is 0 Å². The molecule has 90 valence electrons. The molecule has 0 spiro atoms. The van der Waals surface area contributed by atoms with Gasteiger partial charge in [0, 0.05) is 19.7 Å². The van der Waals surface area contributed by atoms with Gasteiger partial charge in [0.2, 0.25) is 5.91 Å². The van der Waals surface area contributed by atoms with Crippen molar-refractivity contribution in [1.29, 1.82) is 0 Å². The predicted molar refractivity (Wildman–Crippen MR) is 58.8 cm³/mol. The third-order valence-corrected chi connectivity index (χ3v) is 1.81. The Balaban J connectivity index is 3.56. The van der Waals surface area contributed by atoms with E-state index in [1.807, 2.05) is 20.9 Å². The maximum Gasteiger partial charge on any atom is 0.246 e. The summed E-state index contributed by atoms with van der Waals surface area (Å²) in [7, 11) is 3.45. The average Bonchev–Trinajstić information content (AvgIpc) is 2.15. The molecule has 0 aliphatic heterocycles. The summed E-state index contributed by atoms with van der Waals surface area (Å²) in [4.78, 5) is 11.3. The van der Waals surface area contributed by atoms with Gasteiger partial charge in [-0.1, -0.05) is 0 Å². The van der Waals surface area contributed by atoms with Crippen LogP contribution in [0.2, 0.25) is 0 Å². The van der Waals surface area contributed by atoms with Crippen molar-refractivity contribution in [3.8, 4) is 0 Å². The minimum Gasteiger partial charge on any atom is -0.383 e. The Morgan fingerprint density at radius 2 is 2.07 bits per heavy atom. The van der Waals surface area contributed by atoms with E-state index in [1.165, 1.54) is 0 Å². The van der Waals surface area contributed by atoms with Gasteiger partial charge >= 0.3 is 0 Å². The van der Waals surface area contributed by atoms with E-state index in [1.54, 1.807) is 7.11 Å². The molecule has 0 aromatic carbocycles. The lowest BCUT2D eigenvalue weighted by molar-refractivity contribution is -0.128. The van der Waals surface area contributed by atoms with Gasteiger partial charge in [-0.3, -0.25) is 4.79 Å². The number of carbonyl (C=O) groups is 1. The van der Waals surface area contributed by atoms with Crippen LogP contribution in [0.4, 0.5) is 0 Å². The van der Waals surface area contributed by atoms with Gasteiger partial charge < -0.3 is 20.1 Å². The number of nitrogens with one attached hydrogen (secondary N) is 2. The maximum absolute atomic E-state index is 11.3. The van der Waals surface area contributed by atoms with Crippen LogP contribution in [0.3, 0.4) is 0 Å². The van der Waals surface area contributed by atoms with E-state index in [2.05, 4.69) is 10.6 Å². The first-order valence-corrected chi connectivity index (χ1v) is 5.14. The van der Waals surface area contributed by atoms with Gasteiger partial charge in [-0.15, -0.1) is 0 Å². The molecular formula is C10H22N2O3. The predicted octanol–water partition coefficient (Wildman–Crippen LogP) is -0.238. The summed E-state index contributed by atoms with van der Waals surface area (Å²) in [6, 6.07) is 0.0192. The standard InChI is InChI=1S/C10H22N2O3/c1-8(6-14-4)12-10(13)7-15-9(2)5-11-3/h8-9,11H,5-7H2,1-4H3,(H,12,13). The van der Waals surface area contributed by atoms with E-state index in [4.69, 9.17) is 9.47 Å². The van der Waals surface area contributed by atoms with Gasteiger partial charge in [0.05, 0.1) is 12.7 Å². The molecule has 0 saturated heterocycles. The molecule has 2 N–H and O–H groups in total. The number of carbonyl (C=O) groups excluding carboxylic acids is 1. The fourth-order valence-corrected chi connectivity index (χ4v) is 1.17. The van der Waals surface area contributed by atoms with Crippen LogP contribution in [0.1, 0.15) is 13.8 Å². The molecule has 5 heteroatoms. The maximum atomic E-state index is 11.3. The summed E-state index contributed by atoms with van der Waals surface area (Å²) in [5.74, 6) is -0.109. The van der Waals surface area contributed by atoms with Gasteiger partial charge in [-0.2, -0.15) is 0 Å². The third-order valence-electron chi connectivity index (χ3n) is 1.81. The lowest BCUT2D eigenvalue weighted by Crippen LogP contribution is -2.39. The number of methoxy groups -OCH3 is 1. The van der Waals surface area contributed by atoms with Crippen LogP contribution in [-0.4, -0.2) is 52.0 Å². The molecule has 0 aliphatic rings. The van der Waals surface area contributed by atoms with Crippen molar-refractivity contribution >= 4 is 5.91 Å². The smallest absolute Gasteiger partial charge is 0.246 e. The fraction of sp³-hybridized carbons (Fsp3) is 0.900. The topological polar surface area (TPSA) is 59.6 Å². The van der Waals surface area contributed by atoms with Gasteiger partial charge in [0.25, 0.3) is 0 Å². The normalized spacial score (nSPS) is 14.7. The number of ether oxygens (including phenoxy) is 2. The Kier molecular flexibility index (Phi) is 8.27. The van der Waals surface area contributed by atoms with Crippen molar-refractivity contribution in [3.63, 3.8) is 0 Å². The summed E-state index contributed by atoms with van der Waals surface area (Å²) in [5, 5.41) is 5.74. The zero-order chi connectivity index (χ0) is 11.7. The van der Waals surface area contributed by atoms with Crippen LogP contribution in [0, 0.1) is 0 Å². The number of rotatable bonds is 8. The van der Waals surface area contributed by atoms with Gasteiger partial charge in [-0.25, -0.2) is 0 Å². The van der Waals surface area contributed by atoms with Crippen molar-refractivity contribution in [2.24, 2.45) is 0 Å². The molecule has 0 fully saturated rings. The van der Waals surface area contributed by atoms with E-state index in [-0.39, 0.29) is 24.7 Å². The largest absolute Gasteiger partial charge is 0.383 e. The van der Waals surface area contributed by atoms with Crippen molar-refractivity contribution in [1.82, 2.24) is 10.6 Å². The van der Waals surface area contributed by atoms with E-state index in [0.717, 1.165) is 6.54 Å². The minimum atomic E-state index is -0.109. The van der Waals surface area contributed by atoms with Crippen LogP contribution < -0.4 is 10.6 Å². The van der Waals surface area contributed by atoms with Crippen LogP contribution in [0.25, 0.3) is 0 Å². The summed E-state index contributed by atoms with van der Waals surface area (Å²) in [6.45, 7) is 5.15. The zero-order valence-electron chi connectivity index (χ0n) is 10.0. The van der Waals surface area contributed by atoms with E-state index in [0.29, 0.717) is 6.61 Å². The van der Waals surface area contributed by atoms with Crippen LogP contribution in [-0.2, 0) is 14.3 Å². The highest BCUT2D eigenvalue weighted by atomic mass is 16.5. The second-order valence-corrected chi connectivity index (χ2v) is 3.60. The highest BCUT2D eigenvalue weighted by Crippen LogP contribution is 1.89. The fourth-order valence-electron chi connectivity index (χ4n) is 1.17. The average molecular weight is 218 g/mol. The molecule has 0 radical (unpaired) electrons. The Bertz CT molecular complexity index is 176. The quantitative estimate of drug-likeness (QED) is 0.590. The zero-order valence-corrected chi connectivity index (χ0v) is 10.0. The Hall–Kier alpha value is -0.650. The molecule has 0 aromatic heterocycles. The number of likely N-dealkylation sites (N-methyl/N-ethyl adjacent to an activating group) is 1. The third kappa shape index (κ3) is 8.35. The van der Waals surface area contributed by atoms with E-state index < -0.39 is 0 Å². The SMILES string of the molecule is CNCC(C)OCC(=O)NC(C)COC. The summed E-state index contributed by atoms with van der Waals surface area (Å²) in [6.07, 6.45) is 0.0403. The second-order valence-electron chi connectivity index (χ2n) is 3.60. The Morgan fingerprint density at radius 1 is 1.40 bits per heavy atom. The molecule has 0 bridgehead atoms. The lowest BCUT2D eigenvalue weighted by atomic mass is 10.3. The highest BCUT2D eigenvalue weighted by Gasteiger charge is 2.08. The van der Waals surface area contributed by atoms with Crippen molar-refractivity contribution in [3.05, 3.63) is 0 Å². The number of hydrogen-bond donors (Lipinski definition) is 2. The molecule has 5 nitrogen and oxygen atoms in total. The van der Waals surface area contributed by atoms with Crippen molar-refractivity contribution in [2.75, 3.05) is 33.9 Å². The van der Waals surface area contributed by atoms with Crippen LogP contribution >= 0.6 is 0 Å². The van der Waals surface area contributed by atoms with Gasteiger partial charge in [-0.05, 0) is 20.9 Å². The summed E-state index contributed by atoms with van der Waals surface area (Å²) >= 11 is 0. The first kappa shape index (κ1) is 14.3. The molecule has 0 saturated carbocycles. The summed E-state index contributed by atoms with van der Waals surface area (Å²) < 4.78 is 10.2. The molecule has 0 aromatic rings. The second kappa shape index (κ2) is 8.64. The minimum absolute atomic E-state index is 0.0192. The van der Waals surface area contributed by atoms with Crippen molar-refractivity contribution in [2.45, 2.75) is 26.0 Å². The number of hydrogen-bond acceptors (Lipinski definition) is 4. The molecule has 0 aliphatic carbocycles. The molecule has 0 rings (SSSR count). The van der Waals surface area contributed by atoms with Crippen LogP contribution in [0.15, 0.2) is 0 Å². The molecule has 2 unspecified atom stereocenters. The van der Waals surface area contributed by atoms with E-state index in [9.17, 15) is 4.79 Å². The highest BCUT2D eigenvalue weighted by molar-refractivity contribution is 5.77.